The molecule has 0 aliphatic rings. The number of aromatic amines is 2. The lowest BCUT2D eigenvalue weighted by molar-refractivity contribution is 0.100. The average molecular weight is 381 g/mol. The van der Waals surface area contributed by atoms with Crippen LogP contribution < -0.4 is 16.7 Å². The molecule has 138 valence electrons. The molecule has 0 fully saturated rings. The first-order chi connectivity index (χ1) is 12.9. The van der Waals surface area contributed by atoms with Gasteiger partial charge in [-0.05, 0) is 42.2 Å². The van der Waals surface area contributed by atoms with Crippen LogP contribution in [0.4, 0.5) is 10.8 Å². The van der Waals surface area contributed by atoms with Crippen LogP contribution in [0, 0.1) is 5.92 Å². The van der Waals surface area contributed by atoms with Crippen LogP contribution in [-0.4, -0.2) is 20.9 Å². The molecule has 2 aromatic heterocycles. The Kier molecular flexibility index (Phi) is 4.19. The standard InChI is InChI=1S/C19H19N5O2S/c1-9(2)7-10-3-4-11(17(20)25)8-13(10)22-19-24-16-14(27-19)6-5-12-15(16)23-18(26)21-12/h3-6,8-9H,7H2,1-2H3,(H2,20,25)(H,22,24)(H2,21,23,26). The van der Waals surface area contributed by atoms with Gasteiger partial charge < -0.3 is 21.0 Å². The molecule has 0 spiro atoms. The van der Waals surface area contributed by atoms with Gasteiger partial charge in [0.25, 0.3) is 0 Å². The maximum atomic E-state index is 11.6. The Bertz CT molecular complexity index is 1220. The summed E-state index contributed by atoms with van der Waals surface area (Å²) in [6.45, 7) is 4.28. The van der Waals surface area contributed by atoms with E-state index in [0.29, 0.717) is 22.1 Å². The molecule has 4 aromatic rings. The van der Waals surface area contributed by atoms with Gasteiger partial charge in [0.2, 0.25) is 5.91 Å². The third-order valence-electron chi connectivity index (χ3n) is 4.31. The number of primary amides is 1. The van der Waals surface area contributed by atoms with Crippen LogP contribution in [0.3, 0.4) is 0 Å². The molecule has 0 unspecified atom stereocenters. The van der Waals surface area contributed by atoms with Gasteiger partial charge >= 0.3 is 5.69 Å². The van der Waals surface area contributed by atoms with Crippen LogP contribution in [-0.2, 0) is 6.42 Å². The van der Waals surface area contributed by atoms with E-state index in [1.807, 2.05) is 18.2 Å². The van der Waals surface area contributed by atoms with E-state index in [1.165, 1.54) is 11.3 Å². The number of rotatable bonds is 5. The fourth-order valence-electron chi connectivity index (χ4n) is 3.12. The lowest BCUT2D eigenvalue weighted by atomic mass is 9.99. The van der Waals surface area contributed by atoms with Crippen LogP contribution in [0.5, 0.6) is 0 Å². The zero-order valence-corrected chi connectivity index (χ0v) is 15.7. The summed E-state index contributed by atoms with van der Waals surface area (Å²) >= 11 is 1.48. The highest BCUT2D eigenvalue weighted by atomic mass is 32.1. The maximum Gasteiger partial charge on any atom is 0.323 e. The summed E-state index contributed by atoms with van der Waals surface area (Å²) in [5.41, 5.74) is 9.68. The van der Waals surface area contributed by atoms with Crippen LogP contribution in [0.1, 0.15) is 29.8 Å². The third-order valence-corrected chi connectivity index (χ3v) is 5.25. The van der Waals surface area contributed by atoms with Crippen LogP contribution in [0.25, 0.3) is 21.3 Å². The number of nitrogens with two attached hydrogens (primary N) is 1. The topological polar surface area (TPSA) is 117 Å². The molecule has 1 amide bonds. The first-order valence-corrected chi connectivity index (χ1v) is 9.43. The SMILES string of the molecule is CC(C)Cc1ccc(C(N)=O)cc1Nc1nc2c(ccc3[nH]c(=O)[nH]c32)s1. The number of H-pyrrole nitrogens is 2. The summed E-state index contributed by atoms with van der Waals surface area (Å²) in [7, 11) is 0. The van der Waals surface area contributed by atoms with Gasteiger partial charge in [0, 0.05) is 11.3 Å². The van der Waals surface area contributed by atoms with E-state index in [4.69, 9.17) is 5.73 Å². The van der Waals surface area contributed by atoms with E-state index >= 15 is 0 Å². The number of carbonyl (C=O) groups is 1. The lowest BCUT2D eigenvalue weighted by Crippen LogP contribution is -2.12. The van der Waals surface area contributed by atoms with Crippen molar-refractivity contribution in [3.05, 3.63) is 51.9 Å². The summed E-state index contributed by atoms with van der Waals surface area (Å²) in [6, 6.07) is 9.23. The van der Waals surface area contributed by atoms with Gasteiger partial charge in [0.05, 0.1) is 15.7 Å². The van der Waals surface area contributed by atoms with Crippen molar-refractivity contribution >= 4 is 49.3 Å². The Morgan fingerprint density at radius 1 is 1.26 bits per heavy atom. The fourth-order valence-corrected chi connectivity index (χ4v) is 4.01. The van der Waals surface area contributed by atoms with Crippen molar-refractivity contribution in [1.29, 1.82) is 0 Å². The molecular formula is C19H19N5O2S. The summed E-state index contributed by atoms with van der Waals surface area (Å²) in [5, 5.41) is 4.02. The van der Waals surface area contributed by atoms with Crippen molar-refractivity contribution in [1.82, 2.24) is 15.0 Å². The van der Waals surface area contributed by atoms with Crippen molar-refractivity contribution in [2.75, 3.05) is 5.32 Å². The molecule has 0 aliphatic heterocycles. The fraction of sp³-hybridized carbons (Fsp3) is 0.211. The highest BCUT2D eigenvalue weighted by molar-refractivity contribution is 7.22. The third kappa shape index (κ3) is 3.31. The molecule has 0 radical (unpaired) electrons. The highest BCUT2D eigenvalue weighted by Crippen LogP contribution is 2.33. The number of hydrogen-bond acceptors (Lipinski definition) is 5. The first kappa shape index (κ1) is 17.3. The molecule has 0 atom stereocenters. The Morgan fingerprint density at radius 2 is 2.07 bits per heavy atom. The van der Waals surface area contributed by atoms with Crippen molar-refractivity contribution in [3.63, 3.8) is 0 Å². The molecule has 4 rings (SSSR count). The smallest absolute Gasteiger partial charge is 0.323 e. The van der Waals surface area contributed by atoms with Gasteiger partial charge in [-0.25, -0.2) is 9.78 Å². The molecule has 0 aliphatic carbocycles. The molecule has 0 saturated carbocycles. The van der Waals surface area contributed by atoms with Crippen LogP contribution in [0.15, 0.2) is 35.1 Å². The Labute approximate surface area is 158 Å². The predicted molar refractivity (Wildman–Crippen MR) is 109 cm³/mol. The molecule has 8 heteroatoms. The number of thiazole rings is 1. The van der Waals surface area contributed by atoms with E-state index < -0.39 is 5.91 Å². The zero-order chi connectivity index (χ0) is 19.1. The van der Waals surface area contributed by atoms with E-state index in [2.05, 4.69) is 34.1 Å². The molecule has 0 bridgehead atoms. The molecular weight excluding hydrogens is 362 g/mol. The number of nitrogens with one attached hydrogen (secondary N) is 3. The van der Waals surface area contributed by atoms with Gasteiger partial charge in [-0.3, -0.25) is 4.79 Å². The number of anilines is 2. The van der Waals surface area contributed by atoms with Crippen molar-refractivity contribution in [3.8, 4) is 0 Å². The highest BCUT2D eigenvalue weighted by Gasteiger charge is 2.13. The number of fused-ring (bicyclic) bond motifs is 3. The van der Waals surface area contributed by atoms with Crippen molar-refractivity contribution < 1.29 is 4.79 Å². The van der Waals surface area contributed by atoms with Crippen LogP contribution >= 0.6 is 11.3 Å². The normalized spacial score (nSPS) is 11.5. The Balaban J connectivity index is 1.78. The molecule has 7 nitrogen and oxygen atoms in total. The maximum absolute atomic E-state index is 11.6. The number of imidazole rings is 1. The van der Waals surface area contributed by atoms with Gasteiger partial charge in [0.15, 0.2) is 5.13 Å². The number of nitrogens with zero attached hydrogens (tertiary/aromatic N) is 1. The second-order valence-corrected chi connectivity index (χ2v) is 7.92. The largest absolute Gasteiger partial charge is 0.366 e. The predicted octanol–water partition coefficient (Wildman–Crippen LogP) is 3.51. The number of aromatic nitrogens is 3. The first-order valence-electron chi connectivity index (χ1n) is 8.62. The van der Waals surface area contributed by atoms with Gasteiger partial charge in [-0.1, -0.05) is 31.3 Å². The van der Waals surface area contributed by atoms with E-state index in [1.54, 1.807) is 12.1 Å². The Hall–Kier alpha value is -3.13. The van der Waals surface area contributed by atoms with Crippen LogP contribution in [0.2, 0.25) is 0 Å². The molecule has 27 heavy (non-hydrogen) atoms. The van der Waals surface area contributed by atoms with E-state index in [-0.39, 0.29) is 5.69 Å². The summed E-state index contributed by atoms with van der Waals surface area (Å²) < 4.78 is 0.955. The van der Waals surface area contributed by atoms with Crippen molar-refractivity contribution in [2.45, 2.75) is 20.3 Å². The second kappa shape index (κ2) is 6.55. The Morgan fingerprint density at radius 3 is 2.81 bits per heavy atom. The summed E-state index contributed by atoms with van der Waals surface area (Å²) in [6.07, 6.45) is 0.863. The molecule has 2 aromatic carbocycles. The van der Waals surface area contributed by atoms with Gasteiger partial charge in [0.1, 0.15) is 5.52 Å². The quantitative estimate of drug-likeness (QED) is 0.423. The summed E-state index contributed by atoms with van der Waals surface area (Å²) in [4.78, 5) is 33.3. The lowest BCUT2D eigenvalue weighted by Gasteiger charge is -2.13. The zero-order valence-electron chi connectivity index (χ0n) is 14.9. The van der Waals surface area contributed by atoms with Gasteiger partial charge in [-0.2, -0.15) is 0 Å². The minimum atomic E-state index is -0.468. The molecule has 2 heterocycles. The van der Waals surface area contributed by atoms with E-state index in [0.717, 1.165) is 33.4 Å². The molecule has 5 N–H and O–H groups in total. The van der Waals surface area contributed by atoms with E-state index in [9.17, 15) is 9.59 Å². The minimum absolute atomic E-state index is 0.256. The average Bonchev–Trinajstić information content (AvgIpc) is 3.17. The van der Waals surface area contributed by atoms with Crippen molar-refractivity contribution in [2.24, 2.45) is 11.7 Å². The molecule has 0 saturated heterocycles. The van der Waals surface area contributed by atoms with Gasteiger partial charge in [-0.15, -0.1) is 0 Å². The number of amides is 1. The second-order valence-electron chi connectivity index (χ2n) is 6.89. The monoisotopic (exact) mass is 381 g/mol. The number of benzene rings is 2. The minimum Gasteiger partial charge on any atom is -0.366 e. The number of carbonyl (C=O) groups excluding carboxylic acids is 1. The number of hydrogen-bond donors (Lipinski definition) is 4. The summed E-state index contributed by atoms with van der Waals surface area (Å²) in [5.74, 6) is -0.00467.